The molecule has 7 heteroatoms. The van der Waals surface area contributed by atoms with Crippen LogP contribution in [0.3, 0.4) is 0 Å². The van der Waals surface area contributed by atoms with E-state index in [1.54, 1.807) is 13.8 Å². The first-order valence-corrected chi connectivity index (χ1v) is 7.89. The maximum absolute atomic E-state index is 13.7. The molecule has 0 aromatic heterocycles. The molecule has 1 aromatic carbocycles. The summed E-state index contributed by atoms with van der Waals surface area (Å²) in [4.78, 5) is 11.6. The Balaban J connectivity index is 2.28. The van der Waals surface area contributed by atoms with Crippen LogP contribution in [-0.4, -0.2) is 29.2 Å². The van der Waals surface area contributed by atoms with E-state index in [0.29, 0.717) is 18.3 Å². The number of hydrazine groups is 1. The van der Waals surface area contributed by atoms with Crippen molar-refractivity contribution >= 4 is 5.91 Å². The van der Waals surface area contributed by atoms with Crippen molar-refractivity contribution in [3.8, 4) is 5.75 Å². The topological polar surface area (TPSA) is 41.6 Å². The van der Waals surface area contributed by atoms with E-state index in [0.717, 1.165) is 5.01 Å². The molecular formula is C17H23F3N2O2. The zero-order chi connectivity index (χ0) is 18.1. The molecule has 0 saturated carbocycles. The van der Waals surface area contributed by atoms with Gasteiger partial charge < -0.3 is 4.74 Å². The van der Waals surface area contributed by atoms with Gasteiger partial charge in [0.05, 0.1) is 6.61 Å². The number of hydrogen-bond acceptors (Lipinski definition) is 3. The molecule has 1 aromatic rings. The molecule has 1 aliphatic rings. The van der Waals surface area contributed by atoms with Gasteiger partial charge >= 0.3 is 6.18 Å². The van der Waals surface area contributed by atoms with Crippen molar-refractivity contribution in [1.29, 1.82) is 0 Å². The summed E-state index contributed by atoms with van der Waals surface area (Å²) < 4.78 is 46.5. The Kier molecular flexibility index (Phi) is 5.13. The Morgan fingerprint density at radius 2 is 1.83 bits per heavy atom. The third-order valence-corrected chi connectivity index (χ3v) is 3.84. The van der Waals surface area contributed by atoms with Gasteiger partial charge in [0, 0.05) is 12.0 Å². The van der Waals surface area contributed by atoms with Crippen LogP contribution < -0.4 is 10.2 Å². The van der Waals surface area contributed by atoms with Crippen LogP contribution in [0.2, 0.25) is 0 Å². The third kappa shape index (κ3) is 4.20. The fraction of sp³-hybridized carbons (Fsp3) is 0.588. The van der Waals surface area contributed by atoms with Gasteiger partial charge in [-0.3, -0.25) is 10.2 Å². The SMILES string of the molecule is CC(C)COc1ccc([C@H](N2NC(=O)CC2(C)C)C(F)(F)F)cc1. The largest absolute Gasteiger partial charge is 0.493 e. The molecule has 1 atom stereocenters. The van der Waals surface area contributed by atoms with Crippen LogP contribution >= 0.6 is 0 Å². The van der Waals surface area contributed by atoms with Gasteiger partial charge in [0.2, 0.25) is 5.91 Å². The second-order valence-corrected chi connectivity index (χ2v) is 7.11. The Morgan fingerprint density at radius 1 is 1.25 bits per heavy atom. The first-order valence-electron chi connectivity index (χ1n) is 7.89. The molecule has 1 heterocycles. The lowest BCUT2D eigenvalue weighted by Gasteiger charge is -2.37. The second-order valence-electron chi connectivity index (χ2n) is 7.11. The number of hydrogen-bond donors (Lipinski definition) is 1. The summed E-state index contributed by atoms with van der Waals surface area (Å²) >= 11 is 0. The minimum atomic E-state index is -4.52. The quantitative estimate of drug-likeness (QED) is 0.882. The molecule has 1 aliphatic heterocycles. The normalized spacial score (nSPS) is 19.4. The van der Waals surface area contributed by atoms with E-state index in [1.807, 2.05) is 13.8 Å². The van der Waals surface area contributed by atoms with Crippen LogP contribution in [0.5, 0.6) is 5.75 Å². The molecule has 1 N–H and O–H groups in total. The predicted octanol–water partition coefficient (Wildman–Crippen LogP) is 3.84. The lowest BCUT2D eigenvalue weighted by molar-refractivity contribution is -0.203. The summed E-state index contributed by atoms with van der Waals surface area (Å²) in [6, 6.07) is 3.95. The van der Waals surface area contributed by atoms with Gasteiger partial charge in [-0.2, -0.15) is 18.2 Å². The van der Waals surface area contributed by atoms with Gasteiger partial charge in [0.1, 0.15) is 5.75 Å². The first-order chi connectivity index (χ1) is 11.0. The van der Waals surface area contributed by atoms with E-state index in [-0.39, 0.29) is 12.0 Å². The lowest BCUT2D eigenvalue weighted by atomic mass is 9.97. The van der Waals surface area contributed by atoms with Crippen molar-refractivity contribution in [1.82, 2.24) is 10.4 Å². The molecule has 2 rings (SSSR count). The molecule has 0 bridgehead atoms. The Bertz CT molecular complexity index is 582. The molecule has 0 radical (unpaired) electrons. The molecule has 4 nitrogen and oxygen atoms in total. The van der Waals surface area contributed by atoms with Crippen LogP contribution in [0.15, 0.2) is 24.3 Å². The smallest absolute Gasteiger partial charge is 0.409 e. The van der Waals surface area contributed by atoms with Gasteiger partial charge in [-0.15, -0.1) is 0 Å². The van der Waals surface area contributed by atoms with Crippen LogP contribution in [0.25, 0.3) is 0 Å². The minimum absolute atomic E-state index is 0.0230. The van der Waals surface area contributed by atoms with E-state index < -0.39 is 23.7 Å². The first kappa shape index (κ1) is 18.6. The molecular weight excluding hydrogens is 321 g/mol. The highest BCUT2D eigenvalue weighted by Gasteiger charge is 2.52. The van der Waals surface area contributed by atoms with Crippen molar-refractivity contribution in [3.63, 3.8) is 0 Å². The summed E-state index contributed by atoms with van der Waals surface area (Å²) in [5.74, 6) is 0.442. The van der Waals surface area contributed by atoms with Gasteiger partial charge in [-0.05, 0) is 37.5 Å². The number of rotatable bonds is 5. The van der Waals surface area contributed by atoms with E-state index in [2.05, 4.69) is 5.43 Å². The number of nitrogens with zero attached hydrogens (tertiary/aromatic N) is 1. The van der Waals surface area contributed by atoms with Gasteiger partial charge in [0.15, 0.2) is 6.04 Å². The zero-order valence-corrected chi connectivity index (χ0v) is 14.3. The number of nitrogens with one attached hydrogen (secondary N) is 1. The summed E-state index contributed by atoms with van der Waals surface area (Å²) in [6.07, 6.45) is -4.50. The minimum Gasteiger partial charge on any atom is -0.493 e. The summed E-state index contributed by atoms with van der Waals surface area (Å²) in [5.41, 5.74) is 1.49. The Labute approximate surface area is 139 Å². The highest BCUT2D eigenvalue weighted by molar-refractivity contribution is 5.79. The number of carbonyl (C=O) groups is 1. The number of carbonyl (C=O) groups excluding carboxylic acids is 1. The number of amides is 1. The van der Waals surface area contributed by atoms with Crippen LogP contribution in [0, 0.1) is 5.92 Å². The maximum Gasteiger partial charge on any atom is 0.409 e. The lowest BCUT2D eigenvalue weighted by Crippen LogP contribution is -2.51. The molecule has 1 saturated heterocycles. The molecule has 0 unspecified atom stereocenters. The van der Waals surface area contributed by atoms with Crippen LogP contribution in [-0.2, 0) is 4.79 Å². The molecule has 0 aliphatic carbocycles. The number of benzene rings is 1. The highest BCUT2D eigenvalue weighted by atomic mass is 19.4. The highest BCUT2D eigenvalue weighted by Crippen LogP contribution is 2.42. The number of alkyl halides is 3. The van der Waals surface area contributed by atoms with E-state index in [4.69, 9.17) is 4.74 Å². The monoisotopic (exact) mass is 344 g/mol. The Hall–Kier alpha value is -1.76. The molecule has 1 amide bonds. The van der Waals surface area contributed by atoms with E-state index in [1.165, 1.54) is 24.3 Å². The average Bonchev–Trinajstić information content (AvgIpc) is 2.69. The van der Waals surface area contributed by atoms with Crippen molar-refractivity contribution in [3.05, 3.63) is 29.8 Å². The van der Waals surface area contributed by atoms with Crippen molar-refractivity contribution in [2.75, 3.05) is 6.61 Å². The van der Waals surface area contributed by atoms with Crippen LogP contribution in [0.4, 0.5) is 13.2 Å². The molecule has 0 spiro atoms. The zero-order valence-electron chi connectivity index (χ0n) is 14.3. The second kappa shape index (κ2) is 6.63. The van der Waals surface area contributed by atoms with Crippen molar-refractivity contribution < 1.29 is 22.7 Å². The average molecular weight is 344 g/mol. The van der Waals surface area contributed by atoms with Crippen molar-refractivity contribution in [2.24, 2.45) is 5.92 Å². The number of halogens is 3. The standard InChI is InChI=1S/C17H23F3N2O2/c1-11(2)10-24-13-7-5-12(6-8-13)15(17(18,19)20)22-16(3,4)9-14(23)21-22/h5-8,11,15H,9-10H2,1-4H3,(H,21,23)/t15-/m0/s1. The van der Waals surface area contributed by atoms with E-state index in [9.17, 15) is 18.0 Å². The predicted molar refractivity (Wildman–Crippen MR) is 84.2 cm³/mol. The van der Waals surface area contributed by atoms with Crippen molar-refractivity contribution in [2.45, 2.75) is 51.9 Å². The fourth-order valence-electron chi connectivity index (χ4n) is 2.71. The number of ether oxygens (including phenoxy) is 1. The Morgan fingerprint density at radius 3 is 2.25 bits per heavy atom. The van der Waals surface area contributed by atoms with Gasteiger partial charge in [-0.1, -0.05) is 26.0 Å². The molecule has 24 heavy (non-hydrogen) atoms. The maximum atomic E-state index is 13.7. The summed E-state index contributed by atoms with van der Waals surface area (Å²) in [6.45, 7) is 7.71. The fourth-order valence-corrected chi connectivity index (χ4v) is 2.71. The van der Waals surface area contributed by atoms with Crippen LogP contribution in [0.1, 0.15) is 45.7 Å². The van der Waals surface area contributed by atoms with Gasteiger partial charge in [0.25, 0.3) is 0 Å². The van der Waals surface area contributed by atoms with E-state index >= 15 is 0 Å². The third-order valence-electron chi connectivity index (χ3n) is 3.84. The molecule has 1 fully saturated rings. The summed E-state index contributed by atoms with van der Waals surface area (Å²) in [7, 11) is 0. The molecule has 134 valence electrons. The summed E-state index contributed by atoms with van der Waals surface area (Å²) in [5, 5.41) is 0.999. The van der Waals surface area contributed by atoms with Gasteiger partial charge in [-0.25, -0.2) is 0 Å².